The minimum Gasteiger partial charge on any atom is -0.379 e. The number of nitrogens with one attached hydrogen (secondary N) is 1. The molecule has 0 atom stereocenters. The lowest BCUT2D eigenvalue weighted by molar-refractivity contribution is -0.129. The van der Waals surface area contributed by atoms with E-state index in [0.717, 1.165) is 58.7 Å². The van der Waals surface area contributed by atoms with Crippen LogP contribution in [0.5, 0.6) is 0 Å². The maximum Gasteiger partial charge on any atom is 0.221 e. The lowest BCUT2D eigenvalue weighted by atomic mass is 10.2. The summed E-state index contributed by atoms with van der Waals surface area (Å²) in [7, 11) is 0. The third kappa shape index (κ3) is 8.34. The normalized spacial score (nSPS) is 15.5. The Kier molecular flexibility index (Phi) is 9.82. The molecule has 0 aromatic carbocycles. The van der Waals surface area contributed by atoms with Crippen molar-refractivity contribution >= 4 is 11.8 Å². The molecular weight excluding hydrogens is 282 g/mol. The predicted octanol–water partition coefficient (Wildman–Crippen LogP) is 0.864. The smallest absolute Gasteiger partial charge is 0.221 e. The standard InChI is InChI=1S/C16H31N3O3/c1-3-4-5-8-19(15(2)20)9-6-16(21)17-7-10-18-11-13-22-14-12-18/h3-14H2,1-2H3,(H,17,21). The minimum absolute atomic E-state index is 0.0231. The monoisotopic (exact) mass is 313 g/mol. The van der Waals surface area contributed by atoms with Crippen molar-refractivity contribution in [1.82, 2.24) is 15.1 Å². The van der Waals surface area contributed by atoms with Crippen LogP contribution in [0.15, 0.2) is 0 Å². The highest BCUT2D eigenvalue weighted by Gasteiger charge is 2.12. The lowest BCUT2D eigenvalue weighted by Gasteiger charge is -2.26. The summed E-state index contributed by atoms with van der Waals surface area (Å²) in [6.07, 6.45) is 3.65. The molecule has 0 aromatic heterocycles. The number of morpholine rings is 1. The molecule has 1 heterocycles. The molecule has 2 amide bonds. The Bertz CT molecular complexity index is 331. The van der Waals surface area contributed by atoms with Gasteiger partial charge in [0.15, 0.2) is 0 Å². The highest BCUT2D eigenvalue weighted by Crippen LogP contribution is 2.00. The summed E-state index contributed by atoms with van der Waals surface area (Å²) >= 11 is 0. The van der Waals surface area contributed by atoms with Crippen molar-refractivity contribution in [2.75, 3.05) is 52.5 Å². The summed E-state index contributed by atoms with van der Waals surface area (Å²) in [5, 5.41) is 2.93. The Hall–Kier alpha value is -1.14. The average Bonchev–Trinajstić information content (AvgIpc) is 2.51. The SMILES string of the molecule is CCCCCN(CCC(=O)NCCN1CCOCC1)C(C)=O. The van der Waals surface area contributed by atoms with Gasteiger partial charge in [0.25, 0.3) is 0 Å². The molecule has 1 rings (SSSR count). The van der Waals surface area contributed by atoms with Crippen molar-refractivity contribution in [1.29, 1.82) is 0 Å². The van der Waals surface area contributed by atoms with Gasteiger partial charge in [0.05, 0.1) is 13.2 Å². The second kappa shape index (κ2) is 11.4. The minimum atomic E-state index is 0.0231. The van der Waals surface area contributed by atoms with Gasteiger partial charge in [0, 0.05) is 52.6 Å². The molecule has 22 heavy (non-hydrogen) atoms. The van der Waals surface area contributed by atoms with E-state index in [9.17, 15) is 9.59 Å². The van der Waals surface area contributed by atoms with Crippen LogP contribution >= 0.6 is 0 Å². The van der Waals surface area contributed by atoms with Gasteiger partial charge in [-0.1, -0.05) is 19.8 Å². The van der Waals surface area contributed by atoms with E-state index in [-0.39, 0.29) is 11.8 Å². The van der Waals surface area contributed by atoms with E-state index < -0.39 is 0 Å². The fourth-order valence-corrected chi connectivity index (χ4v) is 2.48. The van der Waals surface area contributed by atoms with Crippen molar-refractivity contribution in [3.05, 3.63) is 0 Å². The first-order chi connectivity index (χ1) is 10.6. The molecule has 1 aliphatic rings. The Morgan fingerprint density at radius 1 is 1.18 bits per heavy atom. The van der Waals surface area contributed by atoms with Crippen LogP contribution in [0.3, 0.4) is 0 Å². The number of unbranched alkanes of at least 4 members (excludes halogenated alkanes) is 2. The zero-order valence-corrected chi connectivity index (χ0v) is 14.1. The Balaban J connectivity index is 2.12. The molecule has 0 aliphatic carbocycles. The molecule has 1 saturated heterocycles. The number of ether oxygens (including phenoxy) is 1. The summed E-state index contributed by atoms with van der Waals surface area (Å²) < 4.78 is 5.29. The van der Waals surface area contributed by atoms with Gasteiger partial charge >= 0.3 is 0 Å². The fourth-order valence-electron chi connectivity index (χ4n) is 2.48. The predicted molar refractivity (Wildman–Crippen MR) is 86.7 cm³/mol. The van der Waals surface area contributed by atoms with E-state index in [4.69, 9.17) is 4.74 Å². The maximum absolute atomic E-state index is 11.8. The molecule has 1 fully saturated rings. The van der Waals surface area contributed by atoms with Gasteiger partial charge in [0.2, 0.25) is 11.8 Å². The van der Waals surface area contributed by atoms with Crippen LogP contribution in [0.2, 0.25) is 0 Å². The number of nitrogens with zero attached hydrogens (tertiary/aromatic N) is 2. The number of hydrogen-bond donors (Lipinski definition) is 1. The topological polar surface area (TPSA) is 61.9 Å². The van der Waals surface area contributed by atoms with E-state index in [1.807, 2.05) is 0 Å². The molecule has 0 aromatic rings. The number of carbonyl (C=O) groups is 2. The van der Waals surface area contributed by atoms with Gasteiger partial charge in [-0.05, 0) is 6.42 Å². The van der Waals surface area contributed by atoms with Gasteiger partial charge in [-0.2, -0.15) is 0 Å². The second-order valence-corrected chi connectivity index (χ2v) is 5.77. The molecule has 0 unspecified atom stereocenters. The second-order valence-electron chi connectivity index (χ2n) is 5.77. The largest absolute Gasteiger partial charge is 0.379 e. The van der Waals surface area contributed by atoms with E-state index in [2.05, 4.69) is 17.1 Å². The molecule has 1 aliphatic heterocycles. The van der Waals surface area contributed by atoms with Gasteiger partial charge in [-0.3, -0.25) is 14.5 Å². The van der Waals surface area contributed by atoms with E-state index in [1.165, 1.54) is 0 Å². The molecule has 0 saturated carbocycles. The summed E-state index contributed by atoms with van der Waals surface area (Å²) in [5.74, 6) is 0.0761. The number of hydrogen-bond acceptors (Lipinski definition) is 4. The summed E-state index contributed by atoms with van der Waals surface area (Å²) in [6, 6.07) is 0. The molecule has 0 radical (unpaired) electrons. The first-order valence-electron chi connectivity index (χ1n) is 8.45. The maximum atomic E-state index is 11.8. The van der Waals surface area contributed by atoms with Crippen LogP contribution in [-0.2, 0) is 14.3 Å². The number of rotatable bonds is 10. The van der Waals surface area contributed by atoms with Crippen LogP contribution in [0.25, 0.3) is 0 Å². The molecular formula is C16H31N3O3. The molecule has 0 spiro atoms. The molecule has 1 N–H and O–H groups in total. The van der Waals surface area contributed by atoms with Crippen molar-refractivity contribution in [2.45, 2.75) is 39.5 Å². The zero-order chi connectivity index (χ0) is 16.2. The Morgan fingerprint density at radius 2 is 1.91 bits per heavy atom. The molecule has 0 bridgehead atoms. The van der Waals surface area contributed by atoms with Crippen molar-refractivity contribution in [3.63, 3.8) is 0 Å². The van der Waals surface area contributed by atoms with Crippen LogP contribution in [0.1, 0.15) is 39.5 Å². The van der Waals surface area contributed by atoms with Crippen LogP contribution < -0.4 is 5.32 Å². The van der Waals surface area contributed by atoms with E-state index in [0.29, 0.717) is 19.5 Å². The molecule has 128 valence electrons. The number of amides is 2. The summed E-state index contributed by atoms with van der Waals surface area (Å²) in [6.45, 7) is 9.93. The third-order valence-electron chi connectivity index (χ3n) is 3.94. The van der Waals surface area contributed by atoms with E-state index >= 15 is 0 Å². The molecule has 6 nitrogen and oxygen atoms in total. The quantitative estimate of drug-likeness (QED) is 0.608. The summed E-state index contributed by atoms with van der Waals surface area (Å²) in [4.78, 5) is 27.5. The van der Waals surface area contributed by atoms with Crippen molar-refractivity contribution < 1.29 is 14.3 Å². The highest BCUT2D eigenvalue weighted by molar-refractivity contribution is 5.77. The van der Waals surface area contributed by atoms with Crippen molar-refractivity contribution in [2.24, 2.45) is 0 Å². The van der Waals surface area contributed by atoms with Gasteiger partial charge in [0.1, 0.15) is 0 Å². The summed E-state index contributed by atoms with van der Waals surface area (Å²) in [5.41, 5.74) is 0. The van der Waals surface area contributed by atoms with Gasteiger partial charge < -0.3 is 15.0 Å². The fraction of sp³-hybridized carbons (Fsp3) is 0.875. The van der Waals surface area contributed by atoms with E-state index in [1.54, 1.807) is 11.8 Å². The van der Waals surface area contributed by atoms with Crippen LogP contribution in [0.4, 0.5) is 0 Å². The zero-order valence-electron chi connectivity index (χ0n) is 14.1. The highest BCUT2D eigenvalue weighted by atomic mass is 16.5. The Morgan fingerprint density at radius 3 is 2.55 bits per heavy atom. The Labute approximate surface area is 134 Å². The lowest BCUT2D eigenvalue weighted by Crippen LogP contribution is -2.42. The van der Waals surface area contributed by atoms with Crippen molar-refractivity contribution in [3.8, 4) is 0 Å². The van der Waals surface area contributed by atoms with Gasteiger partial charge in [-0.25, -0.2) is 0 Å². The third-order valence-corrected chi connectivity index (χ3v) is 3.94. The molecule has 6 heteroatoms. The van der Waals surface area contributed by atoms with Crippen LogP contribution in [0, 0.1) is 0 Å². The van der Waals surface area contributed by atoms with Gasteiger partial charge in [-0.15, -0.1) is 0 Å². The average molecular weight is 313 g/mol. The number of carbonyl (C=O) groups excluding carboxylic acids is 2. The first kappa shape index (κ1) is 18.9. The first-order valence-corrected chi connectivity index (χ1v) is 8.45. The van der Waals surface area contributed by atoms with Crippen LogP contribution in [-0.4, -0.2) is 74.1 Å².